The van der Waals surface area contributed by atoms with Crippen LogP contribution in [-0.2, 0) is 20.5 Å². The Labute approximate surface area is 197 Å². The molecule has 178 valence electrons. The number of carbonyl (C=O) groups excluding carboxylic acids is 3. The van der Waals surface area contributed by atoms with E-state index in [0.29, 0.717) is 36.2 Å². The van der Waals surface area contributed by atoms with E-state index in [-0.39, 0.29) is 4.91 Å². The third-order valence-electron chi connectivity index (χ3n) is 5.24. The van der Waals surface area contributed by atoms with Gasteiger partial charge in [-0.3, -0.25) is 19.3 Å². The largest absolute Gasteiger partial charge is 0.416 e. The molecule has 2 fully saturated rings. The summed E-state index contributed by atoms with van der Waals surface area (Å²) in [5.41, 5.74) is 1.05. The highest BCUT2D eigenvalue weighted by molar-refractivity contribution is 8.18. The number of alkyl halides is 3. The number of amides is 3. The number of rotatable bonds is 5. The Bertz CT molecular complexity index is 1110. The first kappa shape index (κ1) is 23.8. The lowest BCUT2D eigenvalue weighted by molar-refractivity contribution is -0.137. The molecule has 2 aliphatic rings. The van der Waals surface area contributed by atoms with E-state index in [1.165, 1.54) is 18.2 Å². The SMILES string of the molecule is O=C(CN1C(=O)S/C(=C\c2ccc(C(F)(F)F)cc2)C1=O)Nc1ccc(N2CCOCC2)cc1. The Balaban J connectivity index is 1.36. The molecule has 0 aliphatic carbocycles. The molecule has 0 aromatic heterocycles. The van der Waals surface area contributed by atoms with Crippen molar-refractivity contribution in [2.45, 2.75) is 6.18 Å². The van der Waals surface area contributed by atoms with Gasteiger partial charge in [0.05, 0.1) is 23.7 Å². The highest BCUT2D eigenvalue weighted by Gasteiger charge is 2.36. The van der Waals surface area contributed by atoms with Crippen LogP contribution in [0.5, 0.6) is 0 Å². The Morgan fingerprint density at radius 1 is 1.03 bits per heavy atom. The van der Waals surface area contributed by atoms with Gasteiger partial charge in [0, 0.05) is 24.5 Å². The van der Waals surface area contributed by atoms with Gasteiger partial charge in [0.2, 0.25) is 5.91 Å². The molecule has 0 spiro atoms. The predicted octanol–water partition coefficient (Wildman–Crippen LogP) is 4.22. The topological polar surface area (TPSA) is 79.0 Å². The first-order chi connectivity index (χ1) is 16.2. The van der Waals surface area contributed by atoms with Crippen LogP contribution in [0.3, 0.4) is 0 Å². The van der Waals surface area contributed by atoms with Crippen molar-refractivity contribution in [3.05, 3.63) is 64.6 Å². The van der Waals surface area contributed by atoms with Gasteiger partial charge in [-0.05, 0) is 59.8 Å². The number of nitrogens with one attached hydrogen (secondary N) is 1. The minimum absolute atomic E-state index is 0.0347. The fraction of sp³-hybridized carbons (Fsp3) is 0.261. The van der Waals surface area contributed by atoms with Crippen molar-refractivity contribution in [1.29, 1.82) is 0 Å². The first-order valence-corrected chi connectivity index (χ1v) is 11.2. The lowest BCUT2D eigenvalue weighted by Crippen LogP contribution is -2.36. The van der Waals surface area contributed by atoms with Gasteiger partial charge in [-0.15, -0.1) is 0 Å². The zero-order valence-electron chi connectivity index (χ0n) is 17.8. The minimum Gasteiger partial charge on any atom is -0.378 e. The second-order valence-electron chi connectivity index (χ2n) is 7.58. The van der Waals surface area contributed by atoms with Gasteiger partial charge >= 0.3 is 6.18 Å². The molecule has 0 bridgehead atoms. The van der Waals surface area contributed by atoms with Crippen LogP contribution in [0.1, 0.15) is 11.1 Å². The van der Waals surface area contributed by atoms with Gasteiger partial charge in [0.15, 0.2) is 0 Å². The third kappa shape index (κ3) is 5.60. The molecule has 3 amide bonds. The normalized spacial score (nSPS) is 18.0. The quantitative estimate of drug-likeness (QED) is 0.632. The van der Waals surface area contributed by atoms with Crippen LogP contribution in [0, 0.1) is 0 Å². The second kappa shape index (κ2) is 9.90. The fourth-order valence-electron chi connectivity index (χ4n) is 3.48. The van der Waals surface area contributed by atoms with Crippen molar-refractivity contribution in [3.8, 4) is 0 Å². The minimum atomic E-state index is -4.47. The number of halogens is 3. The number of anilines is 2. The average molecular weight is 491 g/mol. The van der Waals surface area contributed by atoms with E-state index in [0.717, 1.165) is 35.8 Å². The van der Waals surface area contributed by atoms with Gasteiger partial charge in [-0.1, -0.05) is 12.1 Å². The number of carbonyl (C=O) groups is 3. The van der Waals surface area contributed by atoms with E-state index < -0.39 is 35.3 Å². The number of hydrogen-bond donors (Lipinski definition) is 1. The van der Waals surface area contributed by atoms with Crippen LogP contribution in [0.15, 0.2) is 53.4 Å². The molecule has 2 heterocycles. The van der Waals surface area contributed by atoms with Crippen LogP contribution in [0.4, 0.5) is 29.3 Å². The number of imide groups is 1. The summed E-state index contributed by atoms with van der Waals surface area (Å²) in [6.07, 6.45) is -3.14. The Morgan fingerprint density at radius 3 is 2.29 bits per heavy atom. The standard InChI is InChI=1S/C23H20F3N3O4S/c24-23(25,26)16-3-1-15(2-4-16)13-19-21(31)29(22(32)34-19)14-20(30)27-17-5-7-18(8-6-17)28-9-11-33-12-10-28/h1-8,13H,9-12,14H2,(H,27,30)/b19-13-. The van der Waals surface area contributed by atoms with Gasteiger partial charge in [0.1, 0.15) is 6.54 Å². The van der Waals surface area contributed by atoms with E-state index in [1.54, 1.807) is 12.1 Å². The summed E-state index contributed by atoms with van der Waals surface area (Å²) in [5.74, 6) is -1.22. The first-order valence-electron chi connectivity index (χ1n) is 10.4. The summed E-state index contributed by atoms with van der Waals surface area (Å²) in [7, 11) is 0. The van der Waals surface area contributed by atoms with Crippen molar-refractivity contribution >= 4 is 46.3 Å². The fourth-order valence-corrected chi connectivity index (χ4v) is 4.32. The van der Waals surface area contributed by atoms with E-state index in [9.17, 15) is 27.6 Å². The molecule has 0 radical (unpaired) electrons. The third-order valence-corrected chi connectivity index (χ3v) is 6.15. The molecular formula is C23H20F3N3O4S. The summed E-state index contributed by atoms with van der Waals surface area (Å²) in [4.78, 5) is 40.3. The number of benzene rings is 2. The molecular weight excluding hydrogens is 471 g/mol. The van der Waals surface area contributed by atoms with E-state index in [1.807, 2.05) is 12.1 Å². The second-order valence-corrected chi connectivity index (χ2v) is 8.58. The van der Waals surface area contributed by atoms with E-state index >= 15 is 0 Å². The maximum absolute atomic E-state index is 12.7. The molecule has 0 unspecified atom stereocenters. The monoisotopic (exact) mass is 491 g/mol. The van der Waals surface area contributed by atoms with Crippen LogP contribution in [0.2, 0.25) is 0 Å². The average Bonchev–Trinajstić information content (AvgIpc) is 3.07. The van der Waals surface area contributed by atoms with Crippen LogP contribution in [0.25, 0.3) is 6.08 Å². The maximum atomic E-state index is 12.7. The zero-order valence-corrected chi connectivity index (χ0v) is 18.6. The van der Waals surface area contributed by atoms with Crippen LogP contribution < -0.4 is 10.2 Å². The van der Waals surface area contributed by atoms with Crippen LogP contribution in [-0.4, -0.2) is 54.8 Å². The molecule has 2 aromatic carbocycles. The van der Waals surface area contributed by atoms with Gasteiger partial charge in [-0.25, -0.2) is 0 Å². The number of morpholine rings is 1. The summed E-state index contributed by atoms with van der Waals surface area (Å²) in [6.45, 7) is 2.41. The molecule has 0 saturated carbocycles. The molecule has 2 aromatic rings. The summed E-state index contributed by atoms with van der Waals surface area (Å²) in [6, 6.07) is 11.4. The van der Waals surface area contributed by atoms with E-state index in [2.05, 4.69) is 10.2 Å². The van der Waals surface area contributed by atoms with Crippen molar-refractivity contribution < 1.29 is 32.3 Å². The van der Waals surface area contributed by atoms with Gasteiger partial charge in [-0.2, -0.15) is 13.2 Å². The molecule has 1 N–H and O–H groups in total. The number of ether oxygens (including phenoxy) is 1. The number of hydrogen-bond acceptors (Lipinski definition) is 6. The zero-order chi connectivity index (χ0) is 24.3. The molecule has 7 nitrogen and oxygen atoms in total. The highest BCUT2D eigenvalue weighted by Crippen LogP contribution is 2.33. The van der Waals surface area contributed by atoms with Crippen molar-refractivity contribution in [3.63, 3.8) is 0 Å². The highest BCUT2D eigenvalue weighted by atomic mass is 32.2. The lowest BCUT2D eigenvalue weighted by Gasteiger charge is -2.28. The predicted molar refractivity (Wildman–Crippen MR) is 122 cm³/mol. The van der Waals surface area contributed by atoms with Gasteiger partial charge in [0.25, 0.3) is 11.1 Å². The van der Waals surface area contributed by atoms with Crippen molar-refractivity contribution in [2.75, 3.05) is 43.1 Å². The lowest BCUT2D eigenvalue weighted by atomic mass is 10.1. The molecule has 2 saturated heterocycles. The molecule has 4 rings (SSSR count). The molecule has 2 aliphatic heterocycles. The van der Waals surface area contributed by atoms with Crippen LogP contribution >= 0.6 is 11.8 Å². The Kier molecular flexibility index (Phi) is 6.94. The number of thioether (sulfide) groups is 1. The Hall–Kier alpha value is -3.31. The van der Waals surface area contributed by atoms with E-state index in [4.69, 9.17) is 4.74 Å². The van der Waals surface area contributed by atoms with Crippen molar-refractivity contribution in [2.24, 2.45) is 0 Å². The molecule has 11 heteroatoms. The molecule has 0 atom stereocenters. The smallest absolute Gasteiger partial charge is 0.378 e. The number of nitrogens with zero attached hydrogens (tertiary/aromatic N) is 2. The molecule has 34 heavy (non-hydrogen) atoms. The summed E-state index contributed by atoms with van der Waals surface area (Å²) in [5, 5.41) is 2.04. The summed E-state index contributed by atoms with van der Waals surface area (Å²) < 4.78 is 43.4. The maximum Gasteiger partial charge on any atom is 0.416 e. The van der Waals surface area contributed by atoms with Gasteiger partial charge < -0.3 is 15.0 Å². The Morgan fingerprint density at radius 2 is 1.68 bits per heavy atom. The van der Waals surface area contributed by atoms with Crippen molar-refractivity contribution in [1.82, 2.24) is 4.90 Å². The summed E-state index contributed by atoms with van der Waals surface area (Å²) >= 11 is 0.633.